The Hall–Kier alpha value is -0.870. The number of hydrogen-bond acceptors (Lipinski definition) is 3. The van der Waals surface area contributed by atoms with Crippen molar-refractivity contribution in [2.24, 2.45) is 7.05 Å². The van der Waals surface area contributed by atoms with E-state index in [1.807, 2.05) is 25.0 Å². The summed E-state index contributed by atoms with van der Waals surface area (Å²) in [5.74, 6) is 0. The van der Waals surface area contributed by atoms with Crippen molar-refractivity contribution in [3.63, 3.8) is 0 Å². The van der Waals surface area contributed by atoms with E-state index < -0.39 is 0 Å². The summed E-state index contributed by atoms with van der Waals surface area (Å²) in [7, 11) is 3.82. The van der Waals surface area contributed by atoms with E-state index in [0.717, 1.165) is 19.4 Å². The summed E-state index contributed by atoms with van der Waals surface area (Å²) in [6.07, 6.45) is 9.85. The highest BCUT2D eigenvalue weighted by molar-refractivity contribution is 5.11. The third kappa shape index (κ3) is 2.75. The first kappa shape index (κ1) is 13.6. The van der Waals surface area contributed by atoms with Crippen LogP contribution in [0.15, 0.2) is 12.4 Å². The summed E-state index contributed by atoms with van der Waals surface area (Å²) >= 11 is 0. The van der Waals surface area contributed by atoms with Crippen molar-refractivity contribution in [3.05, 3.63) is 18.0 Å². The van der Waals surface area contributed by atoms with Gasteiger partial charge < -0.3 is 10.1 Å². The van der Waals surface area contributed by atoms with Crippen molar-refractivity contribution >= 4 is 0 Å². The summed E-state index contributed by atoms with van der Waals surface area (Å²) in [5, 5.41) is 7.91. The van der Waals surface area contributed by atoms with Gasteiger partial charge in [0.05, 0.1) is 11.8 Å². The Labute approximate surface area is 110 Å². The van der Waals surface area contributed by atoms with Gasteiger partial charge in [-0.25, -0.2) is 0 Å². The lowest BCUT2D eigenvalue weighted by Gasteiger charge is -2.47. The topological polar surface area (TPSA) is 39.1 Å². The molecule has 4 nitrogen and oxygen atoms in total. The van der Waals surface area contributed by atoms with Crippen LogP contribution in [0.3, 0.4) is 0 Å². The van der Waals surface area contributed by atoms with Gasteiger partial charge in [0.2, 0.25) is 0 Å². The predicted octanol–water partition coefficient (Wildman–Crippen LogP) is 1.90. The molecule has 1 unspecified atom stereocenters. The summed E-state index contributed by atoms with van der Waals surface area (Å²) < 4.78 is 7.69. The molecule has 0 aromatic carbocycles. The Kier molecular flexibility index (Phi) is 4.40. The third-order valence-corrected chi connectivity index (χ3v) is 4.08. The quantitative estimate of drug-likeness (QED) is 0.804. The molecule has 0 aliphatic heterocycles. The van der Waals surface area contributed by atoms with Crippen molar-refractivity contribution in [1.82, 2.24) is 15.1 Å². The molecule has 1 heterocycles. The molecule has 1 fully saturated rings. The molecule has 18 heavy (non-hydrogen) atoms. The van der Waals surface area contributed by atoms with Crippen LogP contribution in [0.2, 0.25) is 0 Å². The van der Waals surface area contributed by atoms with Gasteiger partial charge in [0.25, 0.3) is 0 Å². The molecular formula is C14H25N3O. The van der Waals surface area contributed by atoms with Crippen LogP contribution in [-0.2, 0) is 18.2 Å². The minimum Gasteiger partial charge on any atom is -0.377 e. The fourth-order valence-electron chi connectivity index (χ4n) is 2.80. The Bertz CT molecular complexity index is 365. The highest BCUT2D eigenvalue weighted by atomic mass is 16.5. The van der Waals surface area contributed by atoms with E-state index in [1.54, 1.807) is 0 Å². The summed E-state index contributed by atoms with van der Waals surface area (Å²) in [6.45, 7) is 3.25. The minimum atomic E-state index is 0.0466. The van der Waals surface area contributed by atoms with Gasteiger partial charge in [-0.3, -0.25) is 4.68 Å². The lowest BCUT2D eigenvalue weighted by Crippen LogP contribution is -2.57. The van der Waals surface area contributed by atoms with E-state index in [9.17, 15) is 0 Å². The van der Waals surface area contributed by atoms with Crippen LogP contribution < -0.4 is 5.32 Å². The van der Waals surface area contributed by atoms with Crippen LogP contribution in [0.1, 0.15) is 38.2 Å². The summed E-state index contributed by atoms with van der Waals surface area (Å²) in [6, 6.07) is 0.403. The van der Waals surface area contributed by atoms with Gasteiger partial charge >= 0.3 is 0 Å². The van der Waals surface area contributed by atoms with Gasteiger partial charge in [-0.1, -0.05) is 6.92 Å². The molecule has 1 saturated carbocycles. The molecule has 102 valence electrons. The molecule has 0 saturated heterocycles. The molecule has 0 amide bonds. The Balaban J connectivity index is 2.04. The van der Waals surface area contributed by atoms with E-state index in [2.05, 4.69) is 23.5 Å². The van der Waals surface area contributed by atoms with E-state index in [-0.39, 0.29) is 5.60 Å². The van der Waals surface area contributed by atoms with E-state index in [0.29, 0.717) is 6.04 Å². The zero-order chi connectivity index (χ0) is 13.0. The lowest BCUT2D eigenvalue weighted by atomic mass is 9.72. The molecule has 1 atom stereocenters. The monoisotopic (exact) mass is 251 g/mol. The molecular weight excluding hydrogens is 226 g/mol. The number of rotatable bonds is 7. The first-order chi connectivity index (χ1) is 8.70. The molecule has 0 radical (unpaired) electrons. The van der Waals surface area contributed by atoms with Crippen LogP contribution in [-0.4, -0.2) is 35.1 Å². The molecule has 0 bridgehead atoms. The molecule has 2 rings (SSSR count). The van der Waals surface area contributed by atoms with Crippen LogP contribution in [0.4, 0.5) is 0 Å². The van der Waals surface area contributed by atoms with Crippen LogP contribution in [0, 0.1) is 0 Å². The number of nitrogens with zero attached hydrogens (tertiary/aromatic N) is 2. The molecule has 1 aromatic rings. The average molecular weight is 251 g/mol. The van der Waals surface area contributed by atoms with Gasteiger partial charge in [0.15, 0.2) is 0 Å². The van der Waals surface area contributed by atoms with E-state index in [1.165, 1.54) is 24.8 Å². The maximum absolute atomic E-state index is 5.82. The predicted molar refractivity (Wildman–Crippen MR) is 72.6 cm³/mol. The summed E-state index contributed by atoms with van der Waals surface area (Å²) in [5.41, 5.74) is 1.33. The van der Waals surface area contributed by atoms with Crippen molar-refractivity contribution in [2.45, 2.75) is 50.7 Å². The number of aromatic nitrogens is 2. The second-order valence-electron chi connectivity index (χ2n) is 5.36. The van der Waals surface area contributed by atoms with Crippen molar-refractivity contribution < 1.29 is 4.74 Å². The number of methoxy groups -OCH3 is 1. The first-order valence-electron chi connectivity index (χ1n) is 6.96. The molecule has 1 aliphatic rings. The van der Waals surface area contributed by atoms with Crippen molar-refractivity contribution in [1.29, 1.82) is 0 Å². The number of ether oxygens (including phenoxy) is 1. The third-order valence-electron chi connectivity index (χ3n) is 4.08. The second-order valence-corrected chi connectivity index (χ2v) is 5.36. The summed E-state index contributed by atoms with van der Waals surface area (Å²) in [4.78, 5) is 0. The highest BCUT2D eigenvalue weighted by Crippen LogP contribution is 2.39. The Morgan fingerprint density at radius 3 is 2.78 bits per heavy atom. The second kappa shape index (κ2) is 5.85. The van der Waals surface area contributed by atoms with Crippen molar-refractivity contribution in [2.75, 3.05) is 13.7 Å². The molecule has 1 N–H and O–H groups in total. The Morgan fingerprint density at radius 1 is 1.56 bits per heavy atom. The van der Waals surface area contributed by atoms with Crippen LogP contribution >= 0.6 is 0 Å². The number of hydrogen-bond donors (Lipinski definition) is 1. The maximum atomic E-state index is 5.82. The van der Waals surface area contributed by atoms with Gasteiger partial charge in [-0.05, 0) is 44.2 Å². The normalized spacial score (nSPS) is 19.5. The van der Waals surface area contributed by atoms with Gasteiger partial charge in [-0.15, -0.1) is 0 Å². The standard InChI is InChI=1S/C14H25N3O/c1-4-8-15-13(14(18-3)6-5-7-14)9-12-10-16-17(2)11-12/h10-11,13,15H,4-9H2,1-3H3. The fourth-order valence-corrected chi connectivity index (χ4v) is 2.80. The highest BCUT2D eigenvalue weighted by Gasteiger charge is 2.44. The molecule has 0 spiro atoms. The minimum absolute atomic E-state index is 0.0466. The lowest BCUT2D eigenvalue weighted by molar-refractivity contribution is -0.0980. The SMILES string of the molecule is CCCNC(Cc1cnn(C)c1)C1(OC)CCC1. The van der Waals surface area contributed by atoms with Crippen molar-refractivity contribution in [3.8, 4) is 0 Å². The maximum Gasteiger partial charge on any atom is 0.0834 e. The first-order valence-corrected chi connectivity index (χ1v) is 6.96. The zero-order valence-corrected chi connectivity index (χ0v) is 11.8. The number of nitrogens with one attached hydrogen (secondary N) is 1. The smallest absolute Gasteiger partial charge is 0.0834 e. The largest absolute Gasteiger partial charge is 0.377 e. The van der Waals surface area contributed by atoms with Gasteiger partial charge in [0, 0.05) is 26.4 Å². The van der Waals surface area contributed by atoms with Gasteiger partial charge in [-0.2, -0.15) is 5.10 Å². The molecule has 1 aromatic heterocycles. The Morgan fingerprint density at radius 2 is 2.33 bits per heavy atom. The number of aryl methyl sites for hydroxylation is 1. The van der Waals surface area contributed by atoms with Crippen LogP contribution in [0.25, 0.3) is 0 Å². The fraction of sp³-hybridized carbons (Fsp3) is 0.786. The zero-order valence-electron chi connectivity index (χ0n) is 11.8. The average Bonchev–Trinajstić information content (AvgIpc) is 2.70. The van der Waals surface area contributed by atoms with E-state index >= 15 is 0 Å². The van der Waals surface area contributed by atoms with Gasteiger partial charge in [0.1, 0.15) is 0 Å². The molecule has 1 aliphatic carbocycles. The van der Waals surface area contributed by atoms with E-state index in [4.69, 9.17) is 4.74 Å². The molecule has 4 heteroatoms. The van der Waals surface area contributed by atoms with Crippen LogP contribution in [0.5, 0.6) is 0 Å².